The Kier molecular flexibility index (Phi) is 6.09. The number of benzene rings is 1. The number of nitrogens with zero attached hydrogens (tertiary/aromatic N) is 3. The van der Waals surface area contributed by atoms with Crippen LogP contribution in [0.2, 0.25) is 0 Å². The van der Waals surface area contributed by atoms with Crippen LogP contribution in [0.3, 0.4) is 0 Å². The van der Waals surface area contributed by atoms with Gasteiger partial charge in [-0.15, -0.1) is 6.58 Å². The highest BCUT2D eigenvalue weighted by Gasteiger charge is 2.49. The summed E-state index contributed by atoms with van der Waals surface area (Å²) in [6.07, 6.45) is 5.54. The Bertz CT molecular complexity index is 1040. The van der Waals surface area contributed by atoms with Crippen LogP contribution in [-0.2, 0) is 21.4 Å². The van der Waals surface area contributed by atoms with E-state index in [4.69, 9.17) is 0 Å². The van der Waals surface area contributed by atoms with Crippen molar-refractivity contribution in [2.45, 2.75) is 42.8 Å². The molecule has 0 aliphatic carbocycles. The van der Waals surface area contributed by atoms with Crippen molar-refractivity contribution in [3.05, 3.63) is 71.5 Å². The molecule has 30 heavy (non-hydrogen) atoms. The molecule has 2 aliphatic heterocycles. The number of piperidine rings is 1. The topological polar surface area (TPSA) is 70.6 Å². The first-order valence-electron chi connectivity index (χ1n) is 10.0. The van der Waals surface area contributed by atoms with E-state index in [0.717, 1.165) is 12.1 Å². The molecule has 3 heterocycles. The molecule has 4 rings (SSSR count). The van der Waals surface area contributed by atoms with E-state index in [0.29, 0.717) is 30.4 Å². The lowest BCUT2D eigenvalue weighted by molar-refractivity contribution is -0.135. The minimum Gasteiger partial charge on any atom is -0.335 e. The van der Waals surface area contributed by atoms with Crippen molar-refractivity contribution in [1.82, 2.24) is 14.2 Å². The van der Waals surface area contributed by atoms with Gasteiger partial charge in [0.25, 0.3) is 0 Å². The van der Waals surface area contributed by atoms with Gasteiger partial charge in [-0.3, -0.25) is 9.78 Å². The van der Waals surface area contributed by atoms with Gasteiger partial charge in [-0.25, -0.2) is 8.42 Å². The number of fused-ring (bicyclic) bond motifs is 2. The molecule has 0 saturated carbocycles. The van der Waals surface area contributed by atoms with Gasteiger partial charge in [-0.1, -0.05) is 34.1 Å². The molecule has 2 bridgehead atoms. The highest BCUT2D eigenvalue weighted by molar-refractivity contribution is 9.10. The first kappa shape index (κ1) is 21.2. The lowest BCUT2D eigenvalue weighted by Gasteiger charge is -2.40. The molecule has 0 radical (unpaired) electrons. The largest absolute Gasteiger partial charge is 0.335 e. The van der Waals surface area contributed by atoms with Gasteiger partial charge >= 0.3 is 0 Å². The van der Waals surface area contributed by atoms with E-state index in [1.807, 2.05) is 18.2 Å². The summed E-state index contributed by atoms with van der Waals surface area (Å²) in [4.78, 5) is 19.8. The third-order valence-electron chi connectivity index (χ3n) is 5.89. The molecule has 2 aliphatic rings. The molecule has 1 amide bonds. The molecule has 2 saturated heterocycles. The second-order valence-corrected chi connectivity index (χ2v) is 10.5. The standard InChI is InChI=1S/C22H24BrN3O3S/c1-2-16-14-25(15-18-8-3-4-12-24-18)22(27)21-11-6-10-20(16)26(21)30(28,29)19-9-5-7-17(23)13-19/h2-5,7-9,12-13,16,20-21H,1,6,10-11,14-15H2. The van der Waals surface area contributed by atoms with E-state index in [2.05, 4.69) is 27.5 Å². The first-order chi connectivity index (χ1) is 14.4. The molecule has 3 unspecified atom stereocenters. The summed E-state index contributed by atoms with van der Waals surface area (Å²) < 4.78 is 29.5. The highest BCUT2D eigenvalue weighted by atomic mass is 79.9. The molecule has 0 spiro atoms. The van der Waals surface area contributed by atoms with Gasteiger partial charge < -0.3 is 4.90 Å². The second kappa shape index (κ2) is 8.61. The Balaban J connectivity index is 1.75. The predicted octanol–water partition coefficient (Wildman–Crippen LogP) is 3.60. The average Bonchev–Trinajstić information content (AvgIpc) is 2.82. The van der Waals surface area contributed by atoms with Crippen LogP contribution in [-0.4, -0.2) is 47.1 Å². The van der Waals surface area contributed by atoms with Gasteiger partial charge in [0.15, 0.2) is 0 Å². The van der Waals surface area contributed by atoms with E-state index in [-0.39, 0.29) is 22.8 Å². The summed E-state index contributed by atoms with van der Waals surface area (Å²) in [5, 5.41) is 0. The summed E-state index contributed by atoms with van der Waals surface area (Å²) in [6, 6.07) is 11.3. The van der Waals surface area contributed by atoms with Crippen LogP contribution in [0.5, 0.6) is 0 Å². The number of halogens is 1. The van der Waals surface area contributed by atoms with E-state index >= 15 is 0 Å². The Morgan fingerprint density at radius 2 is 2.03 bits per heavy atom. The number of carbonyl (C=O) groups excluding carboxylic acids is 1. The van der Waals surface area contributed by atoms with Crippen molar-refractivity contribution in [3.8, 4) is 0 Å². The number of sulfonamides is 1. The van der Waals surface area contributed by atoms with Crippen LogP contribution >= 0.6 is 15.9 Å². The van der Waals surface area contributed by atoms with Crippen LogP contribution in [0, 0.1) is 5.92 Å². The van der Waals surface area contributed by atoms with Crippen molar-refractivity contribution in [2.24, 2.45) is 5.92 Å². The average molecular weight is 490 g/mol. The molecular formula is C22H24BrN3O3S. The predicted molar refractivity (Wildman–Crippen MR) is 118 cm³/mol. The number of aromatic nitrogens is 1. The Labute approximate surface area is 185 Å². The maximum atomic E-state index is 13.7. The maximum absolute atomic E-state index is 13.7. The van der Waals surface area contributed by atoms with Gasteiger partial charge in [0, 0.05) is 29.2 Å². The van der Waals surface area contributed by atoms with Crippen molar-refractivity contribution in [2.75, 3.05) is 6.54 Å². The number of hydrogen-bond donors (Lipinski definition) is 0. The Morgan fingerprint density at radius 3 is 2.73 bits per heavy atom. The second-order valence-electron chi connectivity index (χ2n) is 7.75. The number of rotatable bonds is 5. The molecule has 0 N–H and O–H groups in total. The third kappa shape index (κ3) is 3.96. The normalized spacial score (nSPS) is 25.0. The van der Waals surface area contributed by atoms with Gasteiger partial charge in [0.2, 0.25) is 15.9 Å². The maximum Gasteiger partial charge on any atom is 0.244 e. The van der Waals surface area contributed by atoms with Crippen LogP contribution in [0.15, 0.2) is 70.7 Å². The highest BCUT2D eigenvalue weighted by Crippen LogP contribution is 2.38. The quantitative estimate of drug-likeness (QED) is 0.601. The zero-order valence-corrected chi connectivity index (χ0v) is 18.9. The minimum atomic E-state index is -3.85. The van der Waals surface area contributed by atoms with Crippen LogP contribution in [0.25, 0.3) is 0 Å². The molecule has 2 aromatic rings. The molecule has 8 heteroatoms. The van der Waals surface area contributed by atoms with Crippen LogP contribution < -0.4 is 0 Å². The lowest BCUT2D eigenvalue weighted by Crippen LogP contribution is -2.54. The number of amides is 1. The first-order valence-corrected chi connectivity index (χ1v) is 12.3. The monoisotopic (exact) mass is 489 g/mol. The Morgan fingerprint density at radius 1 is 1.20 bits per heavy atom. The summed E-state index contributed by atoms with van der Waals surface area (Å²) in [5.74, 6) is -0.307. The fraction of sp³-hybridized carbons (Fsp3) is 0.364. The SMILES string of the molecule is C=CC1CN(Cc2ccccn2)C(=O)C2CCCC1N2S(=O)(=O)c1cccc(Br)c1. The van der Waals surface area contributed by atoms with Crippen LogP contribution in [0.4, 0.5) is 0 Å². The van der Waals surface area contributed by atoms with E-state index < -0.39 is 16.1 Å². The zero-order valence-electron chi connectivity index (χ0n) is 16.5. The van der Waals surface area contributed by atoms with Gasteiger partial charge in [0.05, 0.1) is 17.1 Å². The molecule has 2 fully saturated rings. The fourth-order valence-corrected chi connectivity index (χ4v) is 6.94. The molecule has 1 aromatic heterocycles. The van der Waals surface area contributed by atoms with E-state index in [1.165, 1.54) is 4.31 Å². The number of hydrogen-bond acceptors (Lipinski definition) is 4. The molecular weight excluding hydrogens is 466 g/mol. The fourth-order valence-electron chi connectivity index (χ4n) is 4.47. The summed E-state index contributed by atoms with van der Waals surface area (Å²) in [5.41, 5.74) is 0.784. The number of pyridine rings is 1. The molecule has 1 aromatic carbocycles. The molecule has 6 nitrogen and oxygen atoms in total. The van der Waals surface area contributed by atoms with Gasteiger partial charge in [-0.05, 0) is 49.6 Å². The van der Waals surface area contributed by atoms with Crippen molar-refractivity contribution in [3.63, 3.8) is 0 Å². The van der Waals surface area contributed by atoms with Crippen LogP contribution in [0.1, 0.15) is 25.0 Å². The van der Waals surface area contributed by atoms with Crippen molar-refractivity contribution in [1.29, 1.82) is 0 Å². The van der Waals surface area contributed by atoms with Gasteiger partial charge in [0.1, 0.15) is 6.04 Å². The summed E-state index contributed by atoms with van der Waals surface area (Å²) >= 11 is 3.36. The molecule has 3 atom stereocenters. The molecule has 158 valence electrons. The minimum absolute atomic E-state index is 0.148. The van der Waals surface area contributed by atoms with E-state index in [9.17, 15) is 13.2 Å². The number of carbonyl (C=O) groups is 1. The lowest BCUT2D eigenvalue weighted by atomic mass is 9.90. The van der Waals surface area contributed by atoms with Crippen molar-refractivity contribution < 1.29 is 13.2 Å². The smallest absolute Gasteiger partial charge is 0.244 e. The van der Waals surface area contributed by atoms with Gasteiger partial charge in [-0.2, -0.15) is 4.31 Å². The zero-order chi connectivity index (χ0) is 21.3. The van der Waals surface area contributed by atoms with E-state index in [1.54, 1.807) is 41.4 Å². The summed E-state index contributed by atoms with van der Waals surface area (Å²) in [7, 11) is -3.85. The third-order valence-corrected chi connectivity index (χ3v) is 8.31. The Hall–Kier alpha value is -2.03. The summed E-state index contributed by atoms with van der Waals surface area (Å²) in [6.45, 7) is 4.75. The van der Waals surface area contributed by atoms with Crippen molar-refractivity contribution >= 4 is 31.9 Å².